The van der Waals surface area contributed by atoms with Crippen molar-refractivity contribution in [3.63, 3.8) is 0 Å². The first kappa shape index (κ1) is 11.6. The van der Waals surface area contributed by atoms with Crippen molar-refractivity contribution < 1.29 is 18.3 Å². The van der Waals surface area contributed by atoms with Crippen LogP contribution in [0.2, 0.25) is 0 Å². The van der Waals surface area contributed by atoms with Crippen LogP contribution >= 0.6 is 0 Å². The average molecular weight is 215 g/mol. The van der Waals surface area contributed by atoms with E-state index in [4.69, 9.17) is 10.5 Å². The lowest BCUT2D eigenvalue weighted by atomic mass is 10.1. The fourth-order valence-corrected chi connectivity index (χ4v) is 1.07. The van der Waals surface area contributed by atoms with Crippen LogP contribution in [0.1, 0.15) is 18.5 Å². The number of halogens is 2. The fourth-order valence-electron chi connectivity index (χ4n) is 1.07. The van der Waals surface area contributed by atoms with E-state index in [0.29, 0.717) is 11.3 Å². The zero-order valence-electron chi connectivity index (χ0n) is 8.11. The quantitative estimate of drug-likeness (QED) is 0.618. The zero-order chi connectivity index (χ0) is 11.4. The summed E-state index contributed by atoms with van der Waals surface area (Å²) in [7, 11) is 0. The summed E-state index contributed by atoms with van der Waals surface area (Å²) in [5.74, 6) is -0.145. The van der Waals surface area contributed by atoms with Crippen LogP contribution < -0.4 is 10.5 Å². The smallest absolute Gasteiger partial charge is 0.308 e. The molecule has 0 saturated carbocycles. The van der Waals surface area contributed by atoms with Gasteiger partial charge in [-0.25, -0.2) is 8.78 Å². The maximum Gasteiger partial charge on any atom is 0.308 e. The number of carbonyl (C=O) groups is 1. The topological polar surface area (TPSA) is 52.3 Å². The van der Waals surface area contributed by atoms with Crippen LogP contribution in [0.3, 0.4) is 0 Å². The van der Waals surface area contributed by atoms with Gasteiger partial charge in [0.15, 0.2) is 0 Å². The third kappa shape index (κ3) is 3.28. The molecule has 0 saturated heterocycles. The van der Waals surface area contributed by atoms with E-state index in [9.17, 15) is 13.6 Å². The Kier molecular flexibility index (Phi) is 3.74. The third-order valence-electron chi connectivity index (χ3n) is 1.80. The molecule has 0 unspecified atom stereocenters. The van der Waals surface area contributed by atoms with E-state index in [-0.39, 0.29) is 0 Å². The first-order valence-corrected chi connectivity index (χ1v) is 4.33. The molecular weight excluding hydrogens is 204 g/mol. The lowest BCUT2D eigenvalue weighted by Crippen LogP contribution is -2.18. The monoisotopic (exact) mass is 215 g/mol. The highest BCUT2D eigenvalue weighted by Crippen LogP contribution is 2.20. The van der Waals surface area contributed by atoms with Crippen molar-refractivity contribution in [2.24, 2.45) is 5.73 Å². The van der Waals surface area contributed by atoms with Gasteiger partial charge in [-0.1, -0.05) is 12.1 Å². The number of alkyl halides is 2. The third-order valence-corrected chi connectivity index (χ3v) is 1.80. The van der Waals surface area contributed by atoms with Crippen molar-refractivity contribution in [3.05, 3.63) is 29.8 Å². The molecule has 0 aliphatic heterocycles. The molecular formula is C10H11F2NO2. The minimum atomic E-state index is -2.61. The number of hydrogen-bond acceptors (Lipinski definition) is 3. The van der Waals surface area contributed by atoms with Gasteiger partial charge in [0.2, 0.25) is 0 Å². The molecule has 2 N–H and O–H groups in total. The molecule has 1 aromatic rings. The van der Waals surface area contributed by atoms with Crippen LogP contribution in [0.15, 0.2) is 24.3 Å². The van der Waals surface area contributed by atoms with Crippen molar-refractivity contribution in [2.75, 3.05) is 0 Å². The molecule has 0 fully saturated rings. The Labute approximate surface area is 85.8 Å². The molecule has 0 heterocycles. The van der Waals surface area contributed by atoms with Gasteiger partial charge < -0.3 is 10.5 Å². The van der Waals surface area contributed by atoms with Gasteiger partial charge in [-0.05, 0) is 17.7 Å². The highest BCUT2D eigenvalue weighted by atomic mass is 19.3. The largest absolute Gasteiger partial charge is 0.427 e. The SMILES string of the molecule is CC(=O)Oc1ccc([C@H](N)C(F)F)cc1. The number of rotatable bonds is 3. The Balaban J connectivity index is 2.76. The second-order valence-electron chi connectivity index (χ2n) is 3.02. The minimum absolute atomic E-state index is 0.306. The van der Waals surface area contributed by atoms with Crippen molar-refractivity contribution in [1.29, 1.82) is 0 Å². The predicted octanol–water partition coefficient (Wildman–Crippen LogP) is 1.88. The van der Waals surface area contributed by atoms with E-state index in [1.165, 1.54) is 31.2 Å². The van der Waals surface area contributed by atoms with Gasteiger partial charge in [-0.15, -0.1) is 0 Å². The fraction of sp³-hybridized carbons (Fsp3) is 0.300. The predicted molar refractivity (Wildman–Crippen MR) is 50.7 cm³/mol. The van der Waals surface area contributed by atoms with Crippen molar-refractivity contribution in [3.8, 4) is 5.75 Å². The molecule has 0 bridgehead atoms. The van der Waals surface area contributed by atoms with Gasteiger partial charge in [0.25, 0.3) is 6.43 Å². The number of ether oxygens (including phenoxy) is 1. The number of carbonyl (C=O) groups excluding carboxylic acids is 1. The van der Waals surface area contributed by atoms with E-state index < -0.39 is 18.4 Å². The molecule has 1 aromatic carbocycles. The molecule has 0 amide bonds. The van der Waals surface area contributed by atoms with Crippen LogP contribution in [-0.4, -0.2) is 12.4 Å². The molecule has 0 aromatic heterocycles. The standard InChI is InChI=1S/C10H11F2NO2/c1-6(14)15-8-4-2-7(3-5-8)9(13)10(11)12/h2-5,9-10H,13H2,1H3/t9-/m0/s1. The Morgan fingerprint density at radius 1 is 1.33 bits per heavy atom. The average Bonchev–Trinajstić information content (AvgIpc) is 2.17. The van der Waals surface area contributed by atoms with E-state index in [1.54, 1.807) is 0 Å². The number of nitrogens with two attached hydrogens (primary N) is 1. The van der Waals surface area contributed by atoms with E-state index in [2.05, 4.69) is 0 Å². The Morgan fingerprint density at radius 3 is 2.27 bits per heavy atom. The van der Waals surface area contributed by atoms with E-state index >= 15 is 0 Å². The highest BCUT2D eigenvalue weighted by molar-refractivity contribution is 5.69. The van der Waals surface area contributed by atoms with Crippen molar-refractivity contribution in [1.82, 2.24) is 0 Å². The van der Waals surface area contributed by atoms with Gasteiger partial charge in [0.1, 0.15) is 5.75 Å². The first-order valence-electron chi connectivity index (χ1n) is 4.33. The normalized spacial score (nSPS) is 12.6. The Morgan fingerprint density at radius 2 is 1.87 bits per heavy atom. The summed E-state index contributed by atoms with van der Waals surface area (Å²) < 4.78 is 29.2. The lowest BCUT2D eigenvalue weighted by Gasteiger charge is -2.10. The van der Waals surface area contributed by atoms with Gasteiger partial charge >= 0.3 is 5.97 Å². The minimum Gasteiger partial charge on any atom is -0.427 e. The summed E-state index contributed by atoms with van der Waals surface area (Å²) in [5.41, 5.74) is 5.54. The second-order valence-corrected chi connectivity index (χ2v) is 3.02. The van der Waals surface area contributed by atoms with Crippen LogP contribution in [0.4, 0.5) is 8.78 Å². The Hall–Kier alpha value is -1.49. The summed E-state index contributed by atoms with van der Waals surface area (Å²) >= 11 is 0. The van der Waals surface area contributed by atoms with Gasteiger partial charge in [0, 0.05) is 6.92 Å². The van der Waals surface area contributed by atoms with Crippen molar-refractivity contribution in [2.45, 2.75) is 19.4 Å². The molecule has 0 radical (unpaired) electrons. The zero-order valence-corrected chi connectivity index (χ0v) is 8.11. The lowest BCUT2D eigenvalue weighted by molar-refractivity contribution is -0.131. The van der Waals surface area contributed by atoms with Crippen LogP contribution in [0.5, 0.6) is 5.75 Å². The molecule has 15 heavy (non-hydrogen) atoms. The maximum atomic E-state index is 12.2. The summed E-state index contributed by atoms with van der Waals surface area (Å²) in [6.07, 6.45) is -2.61. The molecule has 0 spiro atoms. The first-order chi connectivity index (χ1) is 7.00. The van der Waals surface area contributed by atoms with Gasteiger partial charge in [0.05, 0.1) is 6.04 Å². The molecule has 1 atom stereocenters. The van der Waals surface area contributed by atoms with Crippen molar-refractivity contribution >= 4 is 5.97 Å². The summed E-state index contributed by atoms with van der Waals surface area (Å²) in [6.45, 7) is 1.26. The summed E-state index contributed by atoms with van der Waals surface area (Å²) in [6, 6.07) is 4.37. The molecule has 0 aliphatic carbocycles. The summed E-state index contributed by atoms with van der Waals surface area (Å²) in [4.78, 5) is 10.6. The number of benzene rings is 1. The van der Waals surface area contributed by atoms with Crippen LogP contribution in [-0.2, 0) is 4.79 Å². The summed E-state index contributed by atoms with van der Waals surface area (Å²) in [5, 5.41) is 0. The maximum absolute atomic E-state index is 12.2. The molecule has 0 aliphatic rings. The number of hydrogen-bond donors (Lipinski definition) is 1. The molecule has 82 valence electrons. The molecule has 5 heteroatoms. The Bertz CT molecular complexity index is 338. The van der Waals surface area contributed by atoms with E-state index in [1.807, 2.05) is 0 Å². The molecule has 1 rings (SSSR count). The highest BCUT2D eigenvalue weighted by Gasteiger charge is 2.17. The number of esters is 1. The molecule has 3 nitrogen and oxygen atoms in total. The van der Waals surface area contributed by atoms with E-state index in [0.717, 1.165) is 0 Å². The van der Waals surface area contributed by atoms with Crippen LogP contribution in [0.25, 0.3) is 0 Å². The van der Waals surface area contributed by atoms with Gasteiger partial charge in [-0.3, -0.25) is 4.79 Å². The van der Waals surface area contributed by atoms with Crippen LogP contribution in [0, 0.1) is 0 Å². The second kappa shape index (κ2) is 4.84. The van der Waals surface area contributed by atoms with Gasteiger partial charge in [-0.2, -0.15) is 0 Å².